The zero-order valence-electron chi connectivity index (χ0n) is 15.1. The van der Waals surface area contributed by atoms with Gasteiger partial charge in [0.15, 0.2) is 0 Å². The van der Waals surface area contributed by atoms with Gasteiger partial charge in [-0.1, -0.05) is 42.0 Å². The smallest absolute Gasteiger partial charge is 0.262 e. The molecule has 6 nitrogen and oxygen atoms in total. The van der Waals surface area contributed by atoms with Gasteiger partial charge in [0, 0.05) is 6.54 Å². The molecule has 6 heteroatoms. The number of amides is 3. The van der Waals surface area contributed by atoms with Gasteiger partial charge >= 0.3 is 0 Å². The maximum absolute atomic E-state index is 12.8. The molecule has 2 aliphatic rings. The molecule has 3 amide bonds. The standard InChI is InChI=1S/C21H20N2O4/c1-14-6-8-15(9-7-14)18-12-22(10-11-27-18)19(24)13-23-20(25)16-4-2-3-5-17(16)21(23)26/h2-9,18H,10-13H2,1H3. The molecule has 0 N–H and O–H groups in total. The van der Waals surface area contributed by atoms with E-state index in [2.05, 4.69) is 0 Å². The molecule has 1 unspecified atom stereocenters. The van der Waals surface area contributed by atoms with Crippen molar-refractivity contribution in [2.45, 2.75) is 13.0 Å². The van der Waals surface area contributed by atoms with Crippen molar-refractivity contribution in [3.05, 3.63) is 70.8 Å². The average molecular weight is 364 g/mol. The van der Waals surface area contributed by atoms with Crippen LogP contribution in [0.2, 0.25) is 0 Å². The molecule has 0 saturated carbocycles. The van der Waals surface area contributed by atoms with Crippen LogP contribution >= 0.6 is 0 Å². The summed E-state index contributed by atoms with van der Waals surface area (Å²) in [6.45, 7) is 3.05. The molecule has 27 heavy (non-hydrogen) atoms. The lowest BCUT2D eigenvalue weighted by Gasteiger charge is -2.34. The van der Waals surface area contributed by atoms with E-state index in [9.17, 15) is 14.4 Å². The molecule has 2 aliphatic heterocycles. The van der Waals surface area contributed by atoms with Crippen LogP contribution in [0.1, 0.15) is 37.9 Å². The first kappa shape index (κ1) is 17.4. The van der Waals surface area contributed by atoms with Crippen LogP contribution in [-0.4, -0.2) is 53.8 Å². The number of ether oxygens (including phenoxy) is 1. The molecular formula is C21H20N2O4. The van der Waals surface area contributed by atoms with Gasteiger partial charge in [-0.3, -0.25) is 19.3 Å². The van der Waals surface area contributed by atoms with E-state index in [1.807, 2.05) is 31.2 Å². The van der Waals surface area contributed by atoms with Gasteiger partial charge in [0.25, 0.3) is 11.8 Å². The molecule has 2 aromatic carbocycles. The van der Waals surface area contributed by atoms with Crippen LogP contribution in [0.3, 0.4) is 0 Å². The van der Waals surface area contributed by atoms with Gasteiger partial charge < -0.3 is 9.64 Å². The number of nitrogens with zero attached hydrogens (tertiary/aromatic N) is 2. The Morgan fingerprint density at radius 1 is 1.04 bits per heavy atom. The molecule has 0 bridgehead atoms. The van der Waals surface area contributed by atoms with Gasteiger partial charge in [-0.25, -0.2) is 0 Å². The molecule has 0 aliphatic carbocycles. The Morgan fingerprint density at radius 3 is 2.30 bits per heavy atom. The zero-order chi connectivity index (χ0) is 19.0. The third kappa shape index (κ3) is 3.24. The number of morpholine rings is 1. The van der Waals surface area contributed by atoms with Crippen LogP contribution in [0.5, 0.6) is 0 Å². The lowest BCUT2D eigenvalue weighted by molar-refractivity contribution is -0.139. The highest BCUT2D eigenvalue weighted by molar-refractivity contribution is 6.22. The van der Waals surface area contributed by atoms with Gasteiger partial charge in [0.2, 0.25) is 5.91 Å². The Kier molecular flexibility index (Phi) is 4.49. The number of aryl methyl sites for hydroxylation is 1. The molecule has 1 saturated heterocycles. The maximum Gasteiger partial charge on any atom is 0.262 e. The Labute approximate surface area is 157 Å². The van der Waals surface area contributed by atoms with Crippen LogP contribution in [0.4, 0.5) is 0 Å². The Morgan fingerprint density at radius 2 is 1.67 bits per heavy atom. The first-order valence-corrected chi connectivity index (χ1v) is 8.96. The summed E-state index contributed by atoms with van der Waals surface area (Å²) in [4.78, 5) is 40.4. The number of hydrogen-bond acceptors (Lipinski definition) is 4. The molecule has 4 rings (SSSR count). The van der Waals surface area contributed by atoms with E-state index >= 15 is 0 Å². The minimum Gasteiger partial charge on any atom is -0.370 e. The minimum absolute atomic E-state index is 0.203. The van der Waals surface area contributed by atoms with Crippen molar-refractivity contribution < 1.29 is 19.1 Å². The number of fused-ring (bicyclic) bond motifs is 1. The van der Waals surface area contributed by atoms with E-state index in [1.54, 1.807) is 29.2 Å². The van der Waals surface area contributed by atoms with Crippen LogP contribution < -0.4 is 0 Å². The summed E-state index contributed by atoms with van der Waals surface area (Å²) in [5.74, 6) is -1.07. The molecule has 2 heterocycles. The molecule has 1 fully saturated rings. The maximum atomic E-state index is 12.8. The Bertz CT molecular complexity index is 872. The van der Waals surface area contributed by atoms with Crippen molar-refractivity contribution in [1.82, 2.24) is 9.80 Å². The van der Waals surface area contributed by atoms with E-state index in [1.165, 1.54) is 0 Å². The SMILES string of the molecule is Cc1ccc(C2CN(C(=O)CN3C(=O)c4ccccc4C3=O)CCO2)cc1. The second-order valence-corrected chi connectivity index (χ2v) is 6.85. The molecular weight excluding hydrogens is 344 g/mol. The lowest BCUT2D eigenvalue weighted by Crippen LogP contribution is -2.47. The fraction of sp³-hybridized carbons (Fsp3) is 0.286. The Hall–Kier alpha value is -2.99. The second-order valence-electron chi connectivity index (χ2n) is 6.85. The first-order valence-electron chi connectivity index (χ1n) is 8.96. The van der Waals surface area contributed by atoms with Crippen LogP contribution in [0.15, 0.2) is 48.5 Å². The largest absolute Gasteiger partial charge is 0.370 e. The number of carbonyl (C=O) groups excluding carboxylic acids is 3. The summed E-state index contributed by atoms with van der Waals surface area (Å²) in [6, 6.07) is 14.7. The number of rotatable bonds is 3. The number of hydrogen-bond donors (Lipinski definition) is 0. The fourth-order valence-electron chi connectivity index (χ4n) is 3.48. The van der Waals surface area contributed by atoms with Gasteiger partial charge in [-0.2, -0.15) is 0 Å². The molecule has 0 spiro atoms. The number of benzene rings is 2. The molecule has 0 aromatic heterocycles. The van der Waals surface area contributed by atoms with Crippen molar-refractivity contribution in [2.75, 3.05) is 26.2 Å². The normalized spacial score (nSPS) is 19.4. The van der Waals surface area contributed by atoms with E-state index in [0.29, 0.717) is 30.8 Å². The quantitative estimate of drug-likeness (QED) is 0.783. The van der Waals surface area contributed by atoms with Crippen LogP contribution in [0.25, 0.3) is 0 Å². The predicted molar refractivity (Wildman–Crippen MR) is 98.3 cm³/mol. The van der Waals surface area contributed by atoms with E-state index < -0.39 is 11.8 Å². The number of carbonyl (C=O) groups is 3. The minimum atomic E-state index is -0.410. The zero-order valence-corrected chi connectivity index (χ0v) is 15.1. The van der Waals surface area contributed by atoms with E-state index in [4.69, 9.17) is 4.74 Å². The molecule has 1 atom stereocenters. The summed E-state index contributed by atoms with van der Waals surface area (Å²) < 4.78 is 5.81. The molecule has 0 radical (unpaired) electrons. The fourth-order valence-corrected chi connectivity index (χ4v) is 3.48. The topological polar surface area (TPSA) is 66.9 Å². The van der Waals surface area contributed by atoms with Crippen molar-refractivity contribution in [1.29, 1.82) is 0 Å². The Balaban J connectivity index is 1.45. The second kappa shape index (κ2) is 6.96. The van der Waals surface area contributed by atoms with E-state index in [0.717, 1.165) is 16.0 Å². The third-order valence-corrected chi connectivity index (χ3v) is 5.04. The van der Waals surface area contributed by atoms with E-state index in [-0.39, 0.29) is 18.6 Å². The summed E-state index contributed by atoms with van der Waals surface area (Å²) in [6.07, 6.45) is -0.203. The molecule has 138 valence electrons. The molecule has 2 aromatic rings. The summed E-state index contributed by atoms with van der Waals surface area (Å²) in [7, 11) is 0. The summed E-state index contributed by atoms with van der Waals surface area (Å²) in [5.41, 5.74) is 2.89. The predicted octanol–water partition coefficient (Wildman–Crippen LogP) is 2.19. The van der Waals surface area contributed by atoms with Crippen molar-refractivity contribution in [3.63, 3.8) is 0 Å². The first-order chi connectivity index (χ1) is 13.0. The summed E-state index contributed by atoms with van der Waals surface area (Å²) in [5, 5.41) is 0. The van der Waals surface area contributed by atoms with Gasteiger partial charge in [0.1, 0.15) is 12.6 Å². The van der Waals surface area contributed by atoms with Gasteiger partial charge in [0.05, 0.1) is 24.3 Å². The average Bonchev–Trinajstić information content (AvgIpc) is 2.94. The number of imide groups is 1. The highest BCUT2D eigenvalue weighted by Crippen LogP contribution is 2.25. The van der Waals surface area contributed by atoms with Gasteiger partial charge in [-0.15, -0.1) is 0 Å². The summed E-state index contributed by atoms with van der Waals surface area (Å²) >= 11 is 0. The monoisotopic (exact) mass is 364 g/mol. The highest BCUT2D eigenvalue weighted by Gasteiger charge is 2.37. The van der Waals surface area contributed by atoms with Gasteiger partial charge in [-0.05, 0) is 24.6 Å². The van der Waals surface area contributed by atoms with Crippen molar-refractivity contribution in [3.8, 4) is 0 Å². The van der Waals surface area contributed by atoms with Crippen molar-refractivity contribution >= 4 is 17.7 Å². The third-order valence-electron chi connectivity index (χ3n) is 5.04. The van der Waals surface area contributed by atoms with Crippen LogP contribution in [-0.2, 0) is 9.53 Å². The van der Waals surface area contributed by atoms with Crippen molar-refractivity contribution in [2.24, 2.45) is 0 Å². The lowest BCUT2D eigenvalue weighted by atomic mass is 10.1. The van der Waals surface area contributed by atoms with Crippen LogP contribution in [0, 0.1) is 6.92 Å². The highest BCUT2D eigenvalue weighted by atomic mass is 16.5.